The molecule has 2 atom stereocenters. The number of carbonyl (C=O) groups is 1. The van der Waals surface area contributed by atoms with Gasteiger partial charge in [-0.3, -0.25) is 4.79 Å². The van der Waals surface area contributed by atoms with Crippen LogP contribution in [0.5, 0.6) is 0 Å². The van der Waals surface area contributed by atoms with E-state index in [1.807, 2.05) is 36.5 Å². The van der Waals surface area contributed by atoms with Crippen LogP contribution in [0.1, 0.15) is 42.4 Å². The van der Waals surface area contributed by atoms with Crippen LogP contribution in [0.2, 0.25) is 0 Å². The topological polar surface area (TPSA) is 111 Å². The average Bonchev–Trinajstić information content (AvgIpc) is 3.47. The molecule has 1 fully saturated rings. The first-order chi connectivity index (χ1) is 15.3. The van der Waals surface area contributed by atoms with Crippen molar-refractivity contribution >= 4 is 17.1 Å². The molecule has 0 saturated heterocycles. The molecule has 9 heteroatoms. The Balaban J connectivity index is 1.54. The first kappa shape index (κ1) is 20.2. The van der Waals surface area contributed by atoms with Gasteiger partial charge < -0.3 is 15.5 Å². The number of amides is 1. The molecule has 1 saturated carbocycles. The predicted octanol–water partition coefficient (Wildman–Crippen LogP) is 4.15. The van der Waals surface area contributed by atoms with E-state index in [0.717, 1.165) is 23.1 Å². The van der Waals surface area contributed by atoms with Gasteiger partial charge in [0.25, 0.3) is 5.91 Å². The molecule has 0 aliphatic heterocycles. The molecule has 1 amide bonds. The van der Waals surface area contributed by atoms with Crippen LogP contribution in [0.4, 0.5) is 10.1 Å². The maximum Gasteiger partial charge on any atom is 0.252 e. The average molecular weight is 434 g/mol. The molecule has 1 aliphatic rings. The van der Waals surface area contributed by atoms with E-state index in [1.165, 1.54) is 6.20 Å². The summed E-state index contributed by atoms with van der Waals surface area (Å²) in [7, 11) is 0. The largest absolute Gasteiger partial charge is 0.421 e. The van der Waals surface area contributed by atoms with Crippen LogP contribution < -0.4 is 11.1 Å². The predicted molar refractivity (Wildman–Crippen MR) is 118 cm³/mol. The van der Waals surface area contributed by atoms with Crippen LogP contribution >= 0.6 is 0 Å². The van der Waals surface area contributed by atoms with E-state index in [4.69, 9.17) is 10.2 Å². The third-order valence-electron chi connectivity index (χ3n) is 6.10. The molecule has 3 N–H and O–H groups in total. The molecule has 8 nitrogen and oxygen atoms in total. The molecule has 4 aromatic rings. The Bertz CT molecular complexity index is 1310. The molecule has 32 heavy (non-hydrogen) atoms. The summed E-state index contributed by atoms with van der Waals surface area (Å²) in [6, 6.07) is 9.21. The molecule has 2 unspecified atom stereocenters. The van der Waals surface area contributed by atoms with Crippen LogP contribution in [0.25, 0.3) is 28.1 Å². The lowest BCUT2D eigenvalue weighted by molar-refractivity contribution is 0.1000. The van der Waals surface area contributed by atoms with Gasteiger partial charge in [0.1, 0.15) is 5.67 Å². The van der Waals surface area contributed by atoms with Gasteiger partial charge in [0.15, 0.2) is 0 Å². The van der Waals surface area contributed by atoms with Crippen molar-refractivity contribution in [3.63, 3.8) is 0 Å². The van der Waals surface area contributed by atoms with Gasteiger partial charge in [-0.05, 0) is 49.9 Å². The highest BCUT2D eigenvalue weighted by Gasteiger charge is 2.39. The Morgan fingerprint density at radius 3 is 2.62 bits per heavy atom. The van der Waals surface area contributed by atoms with Crippen LogP contribution in [0, 0.1) is 6.92 Å². The first-order valence-corrected chi connectivity index (χ1v) is 10.5. The van der Waals surface area contributed by atoms with Crippen molar-refractivity contribution in [1.29, 1.82) is 0 Å². The number of primary amides is 1. The van der Waals surface area contributed by atoms with E-state index in [1.54, 1.807) is 18.4 Å². The number of aryl methyl sites for hydroxylation is 1. The minimum atomic E-state index is -1.35. The summed E-state index contributed by atoms with van der Waals surface area (Å²) in [5.41, 5.74) is 8.31. The van der Waals surface area contributed by atoms with E-state index < -0.39 is 17.6 Å². The minimum Gasteiger partial charge on any atom is -0.421 e. The van der Waals surface area contributed by atoms with Crippen LogP contribution in [-0.2, 0) is 0 Å². The van der Waals surface area contributed by atoms with Gasteiger partial charge in [0.05, 0.1) is 29.0 Å². The molecule has 3 aromatic heterocycles. The maximum absolute atomic E-state index is 14.9. The van der Waals surface area contributed by atoms with Gasteiger partial charge in [0.2, 0.25) is 11.8 Å². The highest BCUT2D eigenvalue weighted by Crippen LogP contribution is 2.37. The number of carbonyl (C=O) groups excluding carboxylic acids is 1. The number of nitrogens with zero attached hydrogens (tertiary/aromatic N) is 4. The van der Waals surface area contributed by atoms with Gasteiger partial charge in [0, 0.05) is 24.2 Å². The maximum atomic E-state index is 14.9. The normalized spacial score (nSPS) is 20.7. The monoisotopic (exact) mass is 434 g/mol. The van der Waals surface area contributed by atoms with Crippen molar-refractivity contribution in [3.8, 4) is 22.6 Å². The fraction of sp³-hybridized carbons (Fsp3) is 0.304. The summed E-state index contributed by atoms with van der Waals surface area (Å²) in [5, 5.41) is 15.5. The molecular formula is C23H23FN6O2. The molecule has 5 rings (SSSR count). The highest BCUT2D eigenvalue weighted by molar-refractivity contribution is 6.02. The van der Waals surface area contributed by atoms with Crippen molar-refractivity contribution in [2.75, 3.05) is 5.32 Å². The summed E-state index contributed by atoms with van der Waals surface area (Å²) in [4.78, 5) is 12.1. The van der Waals surface area contributed by atoms with Gasteiger partial charge in [-0.15, -0.1) is 10.2 Å². The van der Waals surface area contributed by atoms with Gasteiger partial charge >= 0.3 is 0 Å². The third kappa shape index (κ3) is 3.49. The molecule has 1 aliphatic carbocycles. The second-order valence-corrected chi connectivity index (χ2v) is 8.43. The van der Waals surface area contributed by atoms with Crippen LogP contribution in [0.3, 0.4) is 0 Å². The summed E-state index contributed by atoms with van der Waals surface area (Å²) in [5.74, 6) is 0.356. The molecule has 0 radical (unpaired) electrons. The Labute approximate surface area is 183 Å². The van der Waals surface area contributed by atoms with E-state index >= 15 is 0 Å². The van der Waals surface area contributed by atoms with Crippen LogP contribution in [0.15, 0.2) is 47.1 Å². The summed E-state index contributed by atoms with van der Waals surface area (Å²) >= 11 is 0. The number of rotatable bonds is 5. The molecule has 0 bridgehead atoms. The zero-order valence-corrected chi connectivity index (χ0v) is 17.8. The fourth-order valence-electron chi connectivity index (χ4n) is 4.30. The lowest BCUT2D eigenvalue weighted by Gasteiger charge is -2.26. The lowest BCUT2D eigenvalue weighted by atomic mass is 10.0. The number of fused-ring (bicyclic) bond motifs is 1. The van der Waals surface area contributed by atoms with E-state index in [2.05, 4.69) is 20.6 Å². The number of anilines is 1. The Morgan fingerprint density at radius 2 is 2.00 bits per heavy atom. The number of nitrogens with one attached hydrogen (secondary N) is 1. The quantitative estimate of drug-likeness (QED) is 0.488. The highest BCUT2D eigenvalue weighted by atomic mass is 19.1. The van der Waals surface area contributed by atoms with Crippen molar-refractivity contribution in [2.45, 2.75) is 44.8 Å². The van der Waals surface area contributed by atoms with Gasteiger partial charge in [-0.25, -0.2) is 8.91 Å². The summed E-state index contributed by atoms with van der Waals surface area (Å²) in [6.45, 7) is 3.34. The standard InChI is InChI=1S/C23H23FN6O2/c1-13-28-29-22(32-13)15-7-5-14(6-8-15)16-10-18-20(27-19-4-3-9-23(19,2)24)17(21(25)31)11-26-30(18)12-16/h5-8,10-12,19,27H,3-4,9H2,1-2H3,(H2,25,31). The summed E-state index contributed by atoms with van der Waals surface area (Å²) < 4.78 is 22.1. The van der Waals surface area contributed by atoms with Crippen molar-refractivity contribution in [3.05, 3.63) is 54.2 Å². The fourth-order valence-corrected chi connectivity index (χ4v) is 4.30. The molecule has 1 aromatic carbocycles. The van der Waals surface area contributed by atoms with Crippen molar-refractivity contribution in [2.24, 2.45) is 5.73 Å². The number of nitrogens with two attached hydrogens (primary N) is 1. The lowest BCUT2D eigenvalue weighted by Crippen LogP contribution is -2.36. The second kappa shape index (κ2) is 7.44. The molecule has 0 spiro atoms. The third-order valence-corrected chi connectivity index (χ3v) is 6.10. The number of hydrogen-bond acceptors (Lipinski definition) is 6. The minimum absolute atomic E-state index is 0.243. The summed E-state index contributed by atoms with van der Waals surface area (Å²) in [6.07, 6.45) is 5.24. The van der Waals surface area contributed by atoms with Crippen LogP contribution in [-0.4, -0.2) is 37.4 Å². The molecule has 164 valence electrons. The van der Waals surface area contributed by atoms with E-state index in [0.29, 0.717) is 35.8 Å². The Hall–Kier alpha value is -3.75. The zero-order valence-electron chi connectivity index (χ0n) is 17.8. The zero-order chi connectivity index (χ0) is 22.5. The molecular weight excluding hydrogens is 411 g/mol. The van der Waals surface area contributed by atoms with E-state index in [9.17, 15) is 9.18 Å². The number of hydrogen-bond donors (Lipinski definition) is 2. The SMILES string of the molecule is Cc1nnc(-c2ccc(-c3cc4c(NC5CCCC5(C)F)c(C(N)=O)cnn4c3)cc2)o1. The van der Waals surface area contributed by atoms with E-state index in [-0.39, 0.29) is 5.56 Å². The second-order valence-electron chi connectivity index (χ2n) is 8.43. The van der Waals surface area contributed by atoms with Crippen molar-refractivity contribution < 1.29 is 13.6 Å². The van der Waals surface area contributed by atoms with Gasteiger partial charge in [-0.1, -0.05) is 12.1 Å². The number of halogens is 1. The number of aromatic nitrogens is 4. The van der Waals surface area contributed by atoms with Gasteiger partial charge in [-0.2, -0.15) is 5.10 Å². The first-order valence-electron chi connectivity index (χ1n) is 10.5. The Kier molecular flexibility index (Phi) is 4.69. The van der Waals surface area contributed by atoms with Crippen molar-refractivity contribution in [1.82, 2.24) is 19.8 Å². The number of alkyl halides is 1. The number of benzene rings is 1. The smallest absolute Gasteiger partial charge is 0.252 e. The molecule has 3 heterocycles. The Morgan fingerprint density at radius 1 is 1.25 bits per heavy atom.